The molecule has 118 valence electrons. The monoisotopic (exact) mass is 298 g/mol. The molecule has 0 bridgehead atoms. The molecule has 1 fully saturated rings. The summed E-state index contributed by atoms with van der Waals surface area (Å²) in [6.07, 6.45) is 3.81. The number of ether oxygens (including phenoxy) is 1. The van der Waals surface area contributed by atoms with Crippen LogP contribution in [-0.2, 0) is 0 Å². The normalized spacial score (nSPS) is 23.9. The molecule has 1 aliphatic rings. The van der Waals surface area contributed by atoms with Crippen molar-refractivity contribution >= 4 is 0 Å². The summed E-state index contributed by atoms with van der Waals surface area (Å²) in [4.78, 5) is 0. The number of aliphatic hydroxyl groups excluding tert-OH is 1. The molecule has 1 saturated carbocycles. The highest BCUT2D eigenvalue weighted by atomic mass is 19.2. The predicted molar refractivity (Wildman–Crippen MR) is 78.5 cm³/mol. The van der Waals surface area contributed by atoms with Crippen LogP contribution < -0.4 is 4.74 Å². The van der Waals surface area contributed by atoms with Crippen LogP contribution in [0.5, 0.6) is 5.75 Å². The van der Waals surface area contributed by atoms with Crippen molar-refractivity contribution in [3.05, 3.63) is 29.3 Å². The van der Waals surface area contributed by atoms with Crippen molar-refractivity contribution in [2.75, 3.05) is 6.61 Å². The first-order chi connectivity index (χ1) is 10.1. The highest BCUT2D eigenvalue weighted by Gasteiger charge is 2.29. The highest BCUT2D eigenvalue weighted by molar-refractivity contribution is 5.33. The molecular weight excluding hydrogens is 274 g/mol. The van der Waals surface area contributed by atoms with Gasteiger partial charge < -0.3 is 9.84 Å². The fraction of sp³-hybridized carbons (Fsp3) is 0.647. The molecule has 0 heterocycles. The third-order valence-electron chi connectivity index (χ3n) is 4.55. The average molecular weight is 298 g/mol. The second-order valence-electron chi connectivity index (χ2n) is 5.80. The Morgan fingerprint density at radius 2 is 1.81 bits per heavy atom. The lowest BCUT2D eigenvalue weighted by atomic mass is 9.76. The van der Waals surface area contributed by atoms with Gasteiger partial charge in [0.05, 0.1) is 12.7 Å². The molecule has 4 heteroatoms. The smallest absolute Gasteiger partial charge is 0.200 e. The summed E-state index contributed by atoms with van der Waals surface area (Å²) in [5.74, 6) is -1.35. The summed E-state index contributed by atoms with van der Waals surface area (Å²) in [5, 5.41) is 9.88. The van der Waals surface area contributed by atoms with Gasteiger partial charge in [0, 0.05) is 0 Å². The van der Waals surface area contributed by atoms with Gasteiger partial charge >= 0.3 is 0 Å². The minimum atomic E-state index is -0.884. The predicted octanol–water partition coefficient (Wildman–Crippen LogP) is 4.41. The Kier molecular flexibility index (Phi) is 5.57. The van der Waals surface area contributed by atoms with Crippen LogP contribution in [0.4, 0.5) is 8.78 Å². The SMILES string of the molecule is CCOc1ccc(C2CCC(C(O)CC)CC2)c(F)c1F. The van der Waals surface area contributed by atoms with E-state index in [0.717, 1.165) is 32.1 Å². The van der Waals surface area contributed by atoms with E-state index >= 15 is 0 Å². The van der Waals surface area contributed by atoms with Crippen LogP contribution in [0.2, 0.25) is 0 Å². The summed E-state index contributed by atoms with van der Waals surface area (Å²) < 4.78 is 33.2. The van der Waals surface area contributed by atoms with E-state index < -0.39 is 11.6 Å². The minimum absolute atomic E-state index is 0.0196. The Hall–Kier alpha value is -1.16. The maximum atomic E-state index is 14.2. The van der Waals surface area contributed by atoms with Gasteiger partial charge in [0.1, 0.15) is 0 Å². The molecule has 1 unspecified atom stereocenters. The van der Waals surface area contributed by atoms with Crippen molar-refractivity contribution in [3.8, 4) is 5.75 Å². The molecular formula is C17H24F2O2. The maximum Gasteiger partial charge on any atom is 0.200 e. The molecule has 1 atom stereocenters. The Morgan fingerprint density at radius 3 is 2.38 bits per heavy atom. The zero-order valence-electron chi connectivity index (χ0n) is 12.7. The minimum Gasteiger partial charge on any atom is -0.491 e. The fourth-order valence-electron chi connectivity index (χ4n) is 3.28. The lowest BCUT2D eigenvalue weighted by Gasteiger charge is -2.31. The lowest BCUT2D eigenvalue weighted by Crippen LogP contribution is -2.24. The van der Waals surface area contributed by atoms with Crippen molar-refractivity contribution in [2.24, 2.45) is 5.92 Å². The molecule has 0 aliphatic heterocycles. The van der Waals surface area contributed by atoms with Gasteiger partial charge in [-0.15, -0.1) is 0 Å². The van der Waals surface area contributed by atoms with E-state index in [0.29, 0.717) is 18.1 Å². The standard InChI is InChI=1S/C17H24F2O2/c1-3-14(20)12-7-5-11(6-8-12)13-9-10-15(21-4-2)17(19)16(13)18/h9-12,14,20H,3-8H2,1-2H3. The molecule has 0 saturated heterocycles. The van der Waals surface area contributed by atoms with Gasteiger partial charge in [-0.05, 0) is 62.5 Å². The van der Waals surface area contributed by atoms with Gasteiger partial charge in [-0.25, -0.2) is 4.39 Å². The molecule has 1 aromatic carbocycles. The summed E-state index contributed by atoms with van der Waals surface area (Å²) in [6, 6.07) is 3.16. The average Bonchev–Trinajstić information content (AvgIpc) is 2.52. The first-order valence-electron chi connectivity index (χ1n) is 7.87. The molecule has 1 aromatic rings. The Balaban J connectivity index is 2.08. The molecule has 2 rings (SSSR count). The van der Waals surface area contributed by atoms with E-state index in [1.807, 2.05) is 6.92 Å². The summed E-state index contributed by atoms with van der Waals surface area (Å²) in [6.45, 7) is 4.03. The van der Waals surface area contributed by atoms with Crippen molar-refractivity contribution in [2.45, 2.75) is 58.0 Å². The number of rotatable bonds is 5. The Morgan fingerprint density at radius 1 is 1.14 bits per heavy atom. The molecule has 0 aromatic heterocycles. The van der Waals surface area contributed by atoms with Gasteiger partial charge in [-0.2, -0.15) is 4.39 Å². The number of aliphatic hydroxyl groups is 1. The summed E-state index contributed by atoms with van der Waals surface area (Å²) in [5.41, 5.74) is 0.445. The van der Waals surface area contributed by atoms with Gasteiger partial charge in [0.2, 0.25) is 5.82 Å². The Bertz CT molecular complexity index is 468. The van der Waals surface area contributed by atoms with Crippen LogP contribution in [0.3, 0.4) is 0 Å². The van der Waals surface area contributed by atoms with Gasteiger partial charge in [-0.3, -0.25) is 0 Å². The van der Waals surface area contributed by atoms with Gasteiger partial charge in [-0.1, -0.05) is 13.0 Å². The van der Waals surface area contributed by atoms with E-state index in [1.54, 1.807) is 13.0 Å². The van der Waals surface area contributed by atoms with E-state index in [2.05, 4.69) is 0 Å². The van der Waals surface area contributed by atoms with Crippen molar-refractivity contribution in [3.63, 3.8) is 0 Å². The number of benzene rings is 1. The van der Waals surface area contributed by atoms with Crippen LogP contribution in [0, 0.1) is 17.6 Å². The summed E-state index contributed by atoms with van der Waals surface area (Å²) >= 11 is 0. The lowest BCUT2D eigenvalue weighted by molar-refractivity contribution is 0.0775. The van der Waals surface area contributed by atoms with Gasteiger partial charge in [0.25, 0.3) is 0 Å². The topological polar surface area (TPSA) is 29.5 Å². The molecule has 2 nitrogen and oxygen atoms in total. The van der Waals surface area contributed by atoms with E-state index in [4.69, 9.17) is 4.74 Å². The van der Waals surface area contributed by atoms with E-state index in [9.17, 15) is 13.9 Å². The van der Waals surface area contributed by atoms with E-state index in [-0.39, 0.29) is 17.8 Å². The highest BCUT2D eigenvalue weighted by Crippen LogP contribution is 2.39. The van der Waals surface area contributed by atoms with Crippen molar-refractivity contribution < 1.29 is 18.6 Å². The molecule has 0 spiro atoms. The van der Waals surface area contributed by atoms with Crippen molar-refractivity contribution in [1.29, 1.82) is 0 Å². The molecule has 1 aliphatic carbocycles. The van der Waals surface area contributed by atoms with Crippen LogP contribution in [-0.4, -0.2) is 17.8 Å². The molecule has 0 radical (unpaired) electrons. The zero-order valence-corrected chi connectivity index (χ0v) is 12.7. The van der Waals surface area contributed by atoms with Crippen LogP contribution in [0.15, 0.2) is 12.1 Å². The molecule has 21 heavy (non-hydrogen) atoms. The second kappa shape index (κ2) is 7.21. The first-order valence-corrected chi connectivity index (χ1v) is 7.87. The van der Waals surface area contributed by atoms with Crippen molar-refractivity contribution in [1.82, 2.24) is 0 Å². The molecule has 1 N–H and O–H groups in total. The third kappa shape index (κ3) is 3.54. The molecule has 0 amide bonds. The zero-order chi connectivity index (χ0) is 15.4. The number of hydrogen-bond donors (Lipinski definition) is 1. The maximum absolute atomic E-state index is 14.2. The quantitative estimate of drug-likeness (QED) is 0.872. The van der Waals surface area contributed by atoms with Crippen LogP contribution in [0.25, 0.3) is 0 Å². The third-order valence-corrected chi connectivity index (χ3v) is 4.55. The Labute approximate surface area is 125 Å². The number of hydrogen-bond acceptors (Lipinski definition) is 2. The van der Waals surface area contributed by atoms with Crippen LogP contribution in [0.1, 0.15) is 57.4 Å². The second-order valence-corrected chi connectivity index (χ2v) is 5.80. The fourth-order valence-corrected chi connectivity index (χ4v) is 3.28. The summed E-state index contributed by atoms with van der Waals surface area (Å²) in [7, 11) is 0. The first kappa shape index (κ1) is 16.2. The van der Waals surface area contributed by atoms with Crippen LogP contribution >= 0.6 is 0 Å². The largest absolute Gasteiger partial charge is 0.491 e. The van der Waals surface area contributed by atoms with E-state index in [1.165, 1.54) is 6.07 Å². The van der Waals surface area contributed by atoms with Gasteiger partial charge in [0.15, 0.2) is 11.6 Å². The number of halogens is 2.